The van der Waals surface area contributed by atoms with E-state index in [1.807, 2.05) is 13.0 Å². The largest absolute Gasteiger partial charge is 0.469 e. The van der Waals surface area contributed by atoms with Gasteiger partial charge in [0.1, 0.15) is 5.76 Å². The molecule has 88 valence electrons. The number of nitrogens with two attached hydrogens (primary N) is 1. The molecule has 1 unspecified atom stereocenters. The SMILES string of the molecule is Cc1cc(C(N)c2ccc3c(c2)COC3)co1. The van der Waals surface area contributed by atoms with Gasteiger partial charge in [0.05, 0.1) is 25.5 Å². The Morgan fingerprint density at radius 3 is 2.71 bits per heavy atom. The third-order valence-corrected chi connectivity index (χ3v) is 3.21. The molecule has 0 aliphatic carbocycles. The lowest BCUT2D eigenvalue weighted by Gasteiger charge is -2.11. The Kier molecular flexibility index (Phi) is 2.50. The number of hydrogen-bond donors (Lipinski definition) is 1. The van der Waals surface area contributed by atoms with Gasteiger partial charge in [-0.05, 0) is 29.7 Å². The second kappa shape index (κ2) is 4.02. The Morgan fingerprint density at radius 2 is 1.94 bits per heavy atom. The van der Waals surface area contributed by atoms with Gasteiger partial charge < -0.3 is 14.9 Å². The summed E-state index contributed by atoms with van der Waals surface area (Å²) in [7, 11) is 0. The van der Waals surface area contributed by atoms with Crippen LogP contribution in [0.2, 0.25) is 0 Å². The number of furan rings is 1. The quantitative estimate of drug-likeness (QED) is 0.861. The molecular formula is C14H15NO2. The molecule has 0 bridgehead atoms. The van der Waals surface area contributed by atoms with Gasteiger partial charge in [-0.2, -0.15) is 0 Å². The maximum absolute atomic E-state index is 6.22. The first-order chi connectivity index (χ1) is 8.24. The van der Waals surface area contributed by atoms with Crippen LogP contribution in [-0.4, -0.2) is 0 Å². The molecule has 3 heteroatoms. The van der Waals surface area contributed by atoms with Crippen molar-refractivity contribution in [1.29, 1.82) is 0 Å². The lowest BCUT2D eigenvalue weighted by atomic mass is 9.98. The molecule has 2 aromatic rings. The minimum atomic E-state index is -0.127. The van der Waals surface area contributed by atoms with Gasteiger partial charge in [-0.15, -0.1) is 0 Å². The molecule has 2 heterocycles. The molecule has 1 aromatic heterocycles. The van der Waals surface area contributed by atoms with Gasteiger partial charge in [-0.25, -0.2) is 0 Å². The minimum Gasteiger partial charge on any atom is -0.469 e. The molecule has 1 aliphatic heterocycles. The van der Waals surface area contributed by atoms with Crippen LogP contribution in [0, 0.1) is 6.92 Å². The van der Waals surface area contributed by atoms with E-state index < -0.39 is 0 Å². The van der Waals surface area contributed by atoms with Crippen LogP contribution >= 0.6 is 0 Å². The Balaban J connectivity index is 1.94. The van der Waals surface area contributed by atoms with E-state index in [0.717, 1.165) is 23.5 Å². The van der Waals surface area contributed by atoms with Crippen molar-refractivity contribution in [3.05, 3.63) is 58.5 Å². The summed E-state index contributed by atoms with van der Waals surface area (Å²) in [6, 6.07) is 8.16. The first kappa shape index (κ1) is 10.6. The number of rotatable bonds is 2. The van der Waals surface area contributed by atoms with E-state index in [9.17, 15) is 0 Å². The van der Waals surface area contributed by atoms with Crippen LogP contribution in [-0.2, 0) is 18.0 Å². The van der Waals surface area contributed by atoms with Crippen molar-refractivity contribution in [1.82, 2.24) is 0 Å². The van der Waals surface area contributed by atoms with Gasteiger partial charge in [0.2, 0.25) is 0 Å². The Bertz CT molecular complexity index is 545. The third-order valence-electron chi connectivity index (χ3n) is 3.21. The van der Waals surface area contributed by atoms with Crippen molar-refractivity contribution in [2.75, 3.05) is 0 Å². The summed E-state index contributed by atoms with van der Waals surface area (Å²) in [5.41, 5.74) is 10.9. The van der Waals surface area contributed by atoms with Crippen molar-refractivity contribution in [2.24, 2.45) is 5.73 Å². The first-order valence-corrected chi connectivity index (χ1v) is 5.74. The summed E-state index contributed by atoms with van der Waals surface area (Å²) in [6.45, 7) is 3.34. The monoisotopic (exact) mass is 229 g/mol. The average Bonchev–Trinajstić information content (AvgIpc) is 2.95. The van der Waals surface area contributed by atoms with Crippen molar-refractivity contribution in [3.8, 4) is 0 Å². The third kappa shape index (κ3) is 1.88. The fraction of sp³-hybridized carbons (Fsp3) is 0.286. The molecule has 17 heavy (non-hydrogen) atoms. The molecule has 1 aromatic carbocycles. The number of benzene rings is 1. The molecule has 0 radical (unpaired) electrons. The van der Waals surface area contributed by atoms with E-state index >= 15 is 0 Å². The summed E-state index contributed by atoms with van der Waals surface area (Å²) in [6.07, 6.45) is 1.73. The summed E-state index contributed by atoms with van der Waals surface area (Å²) < 4.78 is 10.7. The smallest absolute Gasteiger partial charge is 0.101 e. The lowest BCUT2D eigenvalue weighted by Crippen LogP contribution is -2.11. The van der Waals surface area contributed by atoms with Gasteiger partial charge in [0.15, 0.2) is 0 Å². The standard InChI is InChI=1S/C14H15NO2/c1-9-4-13(8-17-9)14(15)10-2-3-11-6-16-7-12(11)5-10/h2-5,8,14H,6-7,15H2,1H3. The minimum absolute atomic E-state index is 0.127. The number of ether oxygens (including phenoxy) is 1. The van der Waals surface area contributed by atoms with Crippen molar-refractivity contribution in [3.63, 3.8) is 0 Å². The van der Waals surface area contributed by atoms with Crippen molar-refractivity contribution < 1.29 is 9.15 Å². The second-order valence-electron chi connectivity index (χ2n) is 4.49. The molecule has 1 atom stereocenters. The predicted molar refractivity (Wildman–Crippen MR) is 64.4 cm³/mol. The number of fused-ring (bicyclic) bond motifs is 1. The van der Waals surface area contributed by atoms with Crippen LogP contribution in [0.4, 0.5) is 0 Å². The van der Waals surface area contributed by atoms with Gasteiger partial charge in [-0.1, -0.05) is 18.2 Å². The molecule has 0 saturated heterocycles. The topological polar surface area (TPSA) is 48.4 Å². The summed E-state index contributed by atoms with van der Waals surface area (Å²) in [5.74, 6) is 0.889. The Hall–Kier alpha value is -1.58. The molecule has 0 fully saturated rings. The maximum atomic E-state index is 6.22. The first-order valence-electron chi connectivity index (χ1n) is 5.74. The average molecular weight is 229 g/mol. The van der Waals surface area contributed by atoms with Crippen LogP contribution in [0.3, 0.4) is 0 Å². The van der Waals surface area contributed by atoms with E-state index in [1.165, 1.54) is 11.1 Å². The molecule has 3 rings (SSSR count). The van der Waals surface area contributed by atoms with E-state index in [0.29, 0.717) is 6.61 Å². The van der Waals surface area contributed by atoms with Crippen LogP contribution < -0.4 is 5.73 Å². The highest BCUT2D eigenvalue weighted by Gasteiger charge is 2.16. The van der Waals surface area contributed by atoms with E-state index in [4.69, 9.17) is 14.9 Å². The van der Waals surface area contributed by atoms with Crippen LogP contribution in [0.15, 0.2) is 34.9 Å². The summed E-state index contributed by atoms with van der Waals surface area (Å²) in [4.78, 5) is 0. The van der Waals surface area contributed by atoms with Gasteiger partial charge >= 0.3 is 0 Å². The number of aryl methyl sites for hydroxylation is 1. The Labute approximate surface area is 100 Å². The van der Waals surface area contributed by atoms with Gasteiger partial charge in [-0.3, -0.25) is 0 Å². The molecule has 1 aliphatic rings. The van der Waals surface area contributed by atoms with Crippen molar-refractivity contribution >= 4 is 0 Å². The van der Waals surface area contributed by atoms with Gasteiger partial charge in [0, 0.05) is 5.56 Å². The Morgan fingerprint density at radius 1 is 1.12 bits per heavy atom. The number of hydrogen-bond acceptors (Lipinski definition) is 3. The molecule has 3 nitrogen and oxygen atoms in total. The molecule has 0 spiro atoms. The van der Waals surface area contributed by atoms with Crippen molar-refractivity contribution in [2.45, 2.75) is 26.2 Å². The molecule has 0 amide bonds. The summed E-state index contributed by atoms with van der Waals surface area (Å²) in [5, 5.41) is 0. The van der Waals surface area contributed by atoms with Crippen LogP contribution in [0.1, 0.15) is 34.1 Å². The summed E-state index contributed by atoms with van der Waals surface area (Å²) >= 11 is 0. The lowest BCUT2D eigenvalue weighted by molar-refractivity contribution is 0.134. The zero-order valence-corrected chi connectivity index (χ0v) is 9.77. The molecule has 0 saturated carbocycles. The van der Waals surface area contributed by atoms with Crippen LogP contribution in [0.5, 0.6) is 0 Å². The predicted octanol–water partition coefficient (Wildman–Crippen LogP) is 2.67. The van der Waals surface area contributed by atoms with Crippen LogP contribution in [0.25, 0.3) is 0 Å². The van der Waals surface area contributed by atoms with E-state index in [2.05, 4.69) is 18.2 Å². The van der Waals surface area contributed by atoms with Gasteiger partial charge in [0.25, 0.3) is 0 Å². The van der Waals surface area contributed by atoms with E-state index in [1.54, 1.807) is 6.26 Å². The highest BCUT2D eigenvalue weighted by molar-refractivity contribution is 5.38. The normalized spacial score (nSPS) is 15.9. The fourth-order valence-electron chi connectivity index (χ4n) is 2.20. The molecule has 2 N–H and O–H groups in total. The highest BCUT2D eigenvalue weighted by Crippen LogP contribution is 2.26. The highest BCUT2D eigenvalue weighted by atomic mass is 16.5. The van der Waals surface area contributed by atoms with E-state index in [-0.39, 0.29) is 6.04 Å². The fourth-order valence-corrected chi connectivity index (χ4v) is 2.20. The zero-order valence-electron chi connectivity index (χ0n) is 9.77. The molecular weight excluding hydrogens is 214 g/mol. The zero-order chi connectivity index (χ0) is 11.8. The second-order valence-corrected chi connectivity index (χ2v) is 4.49. The maximum Gasteiger partial charge on any atom is 0.101 e.